The SMILES string of the molecule is COC(=O)C(CN)C(=O)N[C@@H](Cc1ccccc1)C(=O)O. The van der Waals surface area contributed by atoms with Gasteiger partial charge in [0.05, 0.1) is 7.11 Å². The van der Waals surface area contributed by atoms with E-state index in [1.807, 2.05) is 0 Å². The molecular weight excluding hydrogens is 276 g/mol. The Balaban J connectivity index is 2.76. The molecule has 0 saturated carbocycles. The standard InChI is InChI=1S/C14H18N2O5/c1-21-14(20)10(8-15)12(17)16-11(13(18)19)7-9-5-3-2-4-6-9/h2-6,10-11H,7-8,15H2,1H3,(H,16,17)(H,18,19)/t10?,11-/m0/s1. The number of methoxy groups -OCH3 is 1. The van der Waals surface area contributed by atoms with E-state index in [0.29, 0.717) is 0 Å². The molecular formula is C14H18N2O5. The van der Waals surface area contributed by atoms with Gasteiger partial charge in [-0.25, -0.2) is 4.79 Å². The number of hydrogen-bond acceptors (Lipinski definition) is 5. The van der Waals surface area contributed by atoms with Crippen LogP contribution in [-0.2, 0) is 25.5 Å². The van der Waals surface area contributed by atoms with E-state index in [-0.39, 0.29) is 13.0 Å². The smallest absolute Gasteiger partial charge is 0.326 e. The fourth-order valence-corrected chi connectivity index (χ4v) is 1.77. The van der Waals surface area contributed by atoms with Crippen LogP contribution in [0.1, 0.15) is 5.56 Å². The minimum absolute atomic E-state index is 0.111. The van der Waals surface area contributed by atoms with Crippen molar-refractivity contribution in [2.24, 2.45) is 11.7 Å². The third-order valence-electron chi connectivity index (χ3n) is 2.94. The Morgan fingerprint density at radius 1 is 1.29 bits per heavy atom. The van der Waals surface area contributed by atoms with Crippen LogP contribution in [0.2, 0.25) is 0 Å². The number of carboxylic acid groups (broad SMARTS) is 1. The first-order valence-electron chi connectivity index (χ1n) is 6.34. The van der Waals surface area contributed by atoms with Crippen LogP contribution in [0.15, 0.2) is 30.3 Å². The molecule has 0 fully saturated rings. The van der Waals surface area contributed by atoms with E-state index in [9.17, 15) is 19.5 Å². The van der Waals surface area contributed by atoms with Crippen LogP contribution in [0.4, 0.5) is 0 Å². The molecule has 2 atom stereocenters. The fraction of sp³-hybridized carbons (Fsp3) is 0.357. The minimum atomic E-state index is -1.22. The molecule has 0 bridgehead atoms. The third-order valence-corrected chi connectivity index (χ3v) is 2.94. The van der Waals surface area contributed by atoms with Gasteiger partial charge < -0.3 is 20.9 Å². The van der Waals surface area contributed by atoms with E-state index in [1.54, 1.807) is 30.3 Å². The van der Waals surface area contributed by atoms with Crippen LogP contribution in [0, 0.1) is 5.92 Å². The van der Waals surface area contributed by atoms with E-state index < -0.39 is 29.8 Å². The number of esters is 1. The molecule has 4 N–H and O–H groups in total. The van der Waals surface area contributed by atoms with Gasteiger partial charge in [-0.05, 0) is 5.56 Å². The Bertz CT molecular complexity index is 503. The summed E-state index contributed by atoms with van der Waals surface area (Å²) in [6.45, 7) is -0.254. The first kappa shape index (κ1) is 16.6. The van der Waals surface area contributed by atoms with Crippen LogP contribution < -0.4 is 11.1 Å². The molecule has 7 heteroatoms. The second-order valence-corrected chi connectivity index (χ2v) is 4.40. The molecule has 1 unspecified atom stereocenters. The molecule has 0 aliphatic carbocycles. The molecule has 0 saturated heterocycles. The van der Waals surface area contributed by atoms with Crippen molar-refractivity contribution in [2.75, 3.05) is 13.7 Å². The summed E-state index contributed by atoms with van der Waals surface area (Å²) in [6, 6.07) is 7.71. The highest BCUT2D eigenvalue weighted by atomic mass is 16.5. The molecule has 1 aromatic rings. The van der Waals surface area contributed by atoms with Crippen molar-refractivity contribution in [1.82, 2.24) is 5.32 Å². The van der Waals surface area contributed by atoms with Gasteiger partial charge in [-0.1, -0.05) is 30.3 Å². The number of carbonyl (C=O) groups is 3. The highest BCUT2D eigenvalue weighted by Gasteiger charge is 2.30. The molecule has 1 aromatic carbocycles. The van der Waals surface area contributed by atoms with Crippen molar-refractivity contribution in [3.8, 4) is 0 Å². The molecule has 1 amide bonds. The maximum absolute atomic E-state index is 11.9. The van der Waals surface area contributed by atoms with Crippen molar-refractivity contribution in [1.29, 1.82) is 0 Å². The zero-order chi connectivity index (χ0) is 15.8. The van der Waals surface area contributed by atoms with E-state index in [2.05, 4.69) is 10.1 Å². The van der Waals surface area contributed by atoms with Gasteiger partial charge in [-0.2, -0.15) is 0 Å². The first-order chi connectivity index (χ1) is 9.99. The number of amides is 1. The van der Waals surface area contributed by atoms with E-state index in [0.717, 1.165) is 12.7 Å². The third kappa shape index (κ3) is 4.88. The van der Waals surface area contributed by atoms with Gasteiger partial charge in [0.15, 0.2) is 0 Å². The second kappa shape index (κ2) is 8.01. The van der Waals surface area contributed by atoms with Crippen LogP contribution >= 0.6 is 0 Å². The predicted molar refractivity (Wildman–Crippen MR) is 74.3 cm³/mol. The predicted octanol–water partition coefficient (Wildman–Crippen LogP) is -0.454. The van der Waals surface area contributed by atoms with E-state index in [1.165, 1.54) is 0 Å². The average Bonchev–Trinajstić information content (AvgIpc) is 2.48. The summed E-state index contributed by atoms with van der Waals surface area (Å²) >= 11 is 0. The van der Waals surface area contributed by atoms with Crippen LogP contribution in [0.5, 0.6) is 0 Å². The average molecular weight is 294 g/mol. The zero-order valence-electron chi connectivity index (χ0n) is 11.6. The van der Waals surface area contributed by atoms with Crippen molar-refractivity contribution in [3.63, 3.8) is 0 Å². The number of benzene rings is 1. The van der Waals surface area contributed by atoms with Gasteiger partial charge in [-0.3, -0.25) is 9.59 Å². The summed E-state index contributed by atoms with van der Waals surface area (Å²) < 4.78 is 4.46. The number of ether oxygens (including phenoxy) is 1. The van der Waals surface area contributed by atoms with Gasteiger partial charge in [0.2, 0.25) is 5.91 Å². The Kier molecular flexibility index (Phi) is 6.35. The first-order valence-corrected chi connectivity index (χ1v) is 6.34. The molecule has 1 rings (SSSR count). The van der Waals surface area contributed by atoms with Gasteiger partial charge in [0.25, 0.3) is 0 Å². The summed E-state index contributed by atoms with van der Waals surface area (Å²) in [5.41, 5.74) is 6.10. The molecule has 0 aromatic heterocycles. The minimum Gasteiger partial charge on any atom is -0.480 e. The number of nitrogens with one attached hydrogen (secondary N) is 1. The number of hydrogen-bond donors (Lipinski definition) is 3. The quantitative estimate of drug-likeness (QED) is 0.463. The molecule has 114 valence electrons. The zero-order valence-corrected chi connectivity index (χ0v) is 11.6. The molecule has 0 radical (unpaired) electrons. The Hall–Kier alpha value is -2.41. The second-order valence-electron chi connectivity index (χ2n) is 4.40. The molecule has 7 nitrogen and oxygen atoms in total. The number of aliphatic carboxylic acids is 1. The van der Waals surface area contributed by atoms with Crippen molar-refractivity contribution in [2.45, 2.75) is 12.5 Å². The van der Waals surface area contributed by atoms with Crippen LogP contribution in [0.3, 0.4) is 0 Å². The van der Waals surface area contributed by atoms with Crippen LogP contribution in [-0.4, -0.2) is 42.6 Å². The van der Waals surface area contributed by atoms with Crippen molar-refractivity contribution in [3.05, 3.63) is 35.9 Å². The Morgan fingerprint density at radius 2 is 1.90 bits per heavy atom. The summed E-state index contributed by atoms with van der Waals surface area (Å²) in [4.78, 5) is 34.5. The van der Waals surface area contributed by atoms with Gasteiger partial charge in [0, 0.05) is 13.0 Å². The largest absolute Gasteiger partial charge is 0.480 e. The number of nitrogens with two attached hydrogens (primary N) is 1. The number of rotatable bonds is 7. The summed E-state index contributed by atoms with van der Waals surface area (Å²) in [6.07, 6.45) is 0.111. The molecule has 0 aliphatic rings. The van der Waals surface area contributed by atoms with Crippen LogP contribution in [0.25, 0.3) is 0 Å². The van der Waals surface area contributed by atoms with Gasteiger partial charge >= 0.3 is 11.9 Å². The Morgan fingerprint density at radius 3 is 2.38 bits per heavy atom. The van der Waals surface area contributed by atoms with E-state index >= 15 is 0 Å². The molecule has 21 heavy (non-hydrogen) atoms. The lowest BCUT2D eigenvalue weighted by Crippen LogP contribution is -2.48. The maximum Gasteiger partial charge on any atom is 0.326 e. The van der Waals surface area contributed by atoms with Gasteiger partial charge in [-0.15, -0.1) is 0 Å². The lowest BCUT2D eigenvalue weighted by Gasteiger charge is -2.18. The molecule has 0 aliphatic heterocycles. The van der Waals surface area contributed by atoms with Gasteiger partial charge in [0.1, 0.15) is 12.0 Å². The highest BCUT2D eigenvalue weighted by molar-refractivity contribution is 5.99. The highest BCUT2D eigenvalue weighted by Crippen LogP contribution is 2.05. The maximum atomic E-state index is 11.9. The summed E-state index contributed by atoms with van der Waals surface area (Å²) in [7, 11) is 1.14. The number of carboxylic acids is 1. The normalized spacial score (nSPS) is 13.0. The lowest BCUT2D eigenvalue weighted by molar-refractivity contribution is -0.151. The van der Waals surface area contributed by atoms with E-state index in [4.69, 9.17) is 5.73 Å². The topological polar surface area (TPSA) is 119 Å². The van der Waals surface area contributed by atoms with Crippen molar-refractivity contribution < 1.29 is 24.2 Å². The summed E-state index contributed by atoms with van der Waals surface area (Å²) in [5, 5.41) is 11.5. The monoisotopic (exact) mass is 294 g/mol. The summed E-state index contributed by atoms with van der Waals surface area (Å²) in [5.74, 6) is -3.95. The Labute approximate surface area is 122 Å². The number of carbonyl (C=O) groups excluding carboxylic acids is 2. The molecule has 0 heterocycles. The lowest BCUT2D eigenvalue weighted by atomic mass is 10.0. The molecule has 0 spiro atoms. The fourth-order valence-electron chi connectivity index (χ4n) is 1.77. The van der Waals surface area contributed by atoms with Crippen molar-refractivity contribution >= 4 is 17.8 Å².